The average molecular weight is 415 g/mol. The average Bonchev–Trinajstić information content (AvgIpc) is 3.23. The molecule has 2 amide bonds. The van der Waals surface area contributed by atoms with Gasteiger partial charge in [0.1, 0.15) is 5.75 Å². The van der Waals surface area contributed by atoms with Crippen molar-refractivity contribution >= 4 is 34.0 Å². The zero-order valence-electron chi connectivity index (χ0n) is 17.7. The molecule has 4 rings (SSSR count). The Morgan fingerprint density at radius 3 is 2.52 bits per heavy atom. The van der Waals surface area contributed by atoms with Gasteiger partial charge in [-0.25, -0.2) is 5.43 Å². The molecule has 158 valence electrons. The third kappa shape index (κ3) is 4.74. The van der Waals surface area contributed by atoms with Crippen molar-refractivity contribution in [2.75, 3.05) is 11.4 Å². The highest BCUT2D eigenvalue weighted by Gasteiger charge is 2.21. The lowest BCUT2D eigenvalue weighted by molar-refractivity contribution is -0.127. The van der Waals surface area contributed by atoms with Crippen molar-refractivity contribution in [2.24, 2.45) is 5.10 Å². The van der Waals surface area contributed by atoms with E-state index in [4.69, 9.17) is 4.74 Å². The number of carbonyl (C=O) groups excluding carboxylic acids is 2. The fourth-order valence-electron chi connectivity index (χ4n) is 3.60. The van der Waals surface area contributed by atoms with Gasteiger partial charge in [0.05, 0.1) is 5.71 Å². The van der Waals surface area contributed by atoms with Gasteiger partial charge in [0, 0.05) is 18.7 Å². The van der Waals surface area contributed by atoms with E-state index >= 15 is 0 Å². The number of anilines is 1. The molecule has 1 aliphatic rings. The first-order valence-corrected chi connectivity index (χ1v) is 10.4. The van der Waals surface area contributed by atoms with E-state index in [-0.39, 0.29) is 11.8 Å². The van der Waals surface area contributed by atoms with Crippen LogP contribution in [0.2, 0.25) is 0 Å². The minimum Gasteiger partial charge on any atom is -0.481 e. The van der Waals surface area contributed by atoms with Crippen molar-refractivity contribution in [3.8, 4) is 5.75 Å². The van der Waals surface area contributed by atoms with E-state index < -0.39 is 6.10 Å². The lowest BCUT2D eigenvalue weighted by atomic mass is 10.1. The molecule has 1 heterocycles. The van der Waals surface area contributed by atoms with E-state index in [1.54, 1.807) is 11.8 Å². The number of hydrazone groups is 1. The summed E-state index contributed by atoms with van der Waals surface area (Å²) in [7, 11) is 0. The summed E-state index contributed by atoms with van der Waals surface area (Å²) in [6.45, 7) is 4.28. The maximum Gasteiger partial charge on any atom is 0.280 e. The number of hydrogen-bond acceptors (Lipinski definition) is 4. The van der Waals surface area contributed by atoms with Crippen molar-refractivity contribution in [2.45, 2.75) is 32.8 Å². The number of nitrogens with one attached hydrogen (secondary N) is 1. The summed E-state index contributed by atoms with van der Waals surface area (Å²) in [6, 6.07) is 21.4. The molecular weight excluding hydrogens is 390 g/mol. The van der Waals surface area contributed by atoms with Crippen LogP contribution in [0.1, 0.15) is 32.3 Å². The summed E-state index contributed by atoms with van der Waals surface area (Å²) in [6.07, 6.45) is 0.807. The van der Waals surface area contributed by atoms with E-state index in [0.29, 0.717) is 17.9 Å². The first-order valence-electron chi connectivity index (χ1n) is 10.4. The van der Waals surface area contributed by atoms with Crippen LogP contribution in [0.5, 0.6) is 5.75 Å². The molecule has 0 radical (unpaired) electrons. The van der Waals surface area contributed by atoms with Crippen LogP contribution in [0, 0.1) is 0 Å². The molecule has 0 aliphatic carbocycles. The molecule has 31 heavy (non-hydrogen) atoms. The number of benzene rings is 3. The monoisotopic (exact) mass is 415 g/mol. The Balaban J connectivity index is 1.36. The van der Waals surface area contributed by atoms with Crippen LogP contribution in [-0.4, -0.2) is 30.2 Å². The first-order chi connectivity index (χ1) is 15.0. The molecule has 0 aromatic heterocycles. The highest BCUT2D eigenvalue weighted by Crippen LogP contribution is 2.22. The number of ether oxygens (including phenoxy) is 1. The molecule has 1 atom stereocenters. The zero-order chi connectivity index (χ0) is 21.8. The predicted octanol–water partition coefficient (Wildman–Crippen LogP) is 4.27. The summed E-state index contributed by atoms with van der Waals surface area (Å²) in [4.78, 5) is 26.1. The molecule has 1 N–H and O–H groups in total. The quantitative estimate of drug-likeness (QED) is 0.483. The lowest BCUT2D eigenvalue weighted by Crippen LogP contribution is -2.33. The third-order valence-corrected chi connectivity index (χ3v) is 5.41. The second kappa shape index (κ2) is 9.00. The van der Waals surface area contributed by atoms with Gasteiger partial charge in [0.15, 0.2) is 6.10 Å². The Kier molecular flexibility index (Phi) is 5.98. The maximum atomic E-state index is 12.4. The van der Waals surface area contributed by atoms with Gasteiger partial charge < -0.3 is 9.64 Å². The molecule has 6 heteroatoms. The molecule has 1 aliphatic heterocycles. The summed E-state index contributed by atoms with van der Waals surface area (Å²) in [5, 5.41) is 6.38. The van der Waals surface area contributed by atoms with Gasteiger partial charge in [0.25, 0.3) is 5.91 Å². The summed E-state index contributed by atoms with van der Waals surface area (Å²) >= 11 is 0. The van der Waals surface area contributed by atoms with Crippen molar-refractivity contribution in [3.05, 3.63) is 72.3 Å². The van der Waals surface area contributed by atoms with Gasteiger partial charge in [-0.2, -0.15) is 5.10 Å². The predicted molar refractivity (Wildman–Crippen MR) is 122 cm³/mol. The van der Waals surface area contributed by atoms with Crippen molar-refractivity contribution in [1.29, 1.82) is 0 Å². The topological polar surface area (TPSA) is 71.0 Å². The fourth-order valence-corrected chi connectivity index (χ4v) is 3.60. The molecule has 0 saturated carbocycles. The van der Waals surface area contributed by atoms with E-state index in [1.165, 1.54) is 0 Å². The second-order valence-corrected chi connectivity index (χ2v) is 7.64. The van der Waals surface area contributed by atoms with Gasteiger partial charge in [-0.1, -0.05) is 42.5 Å². The standard InChI is InChI=1S/C25H25N3O3/c1-17(19-9-12-22(13-10-19)28-15-5-8-24(28)29)26-27-25(30)18(2)31-23-14-11-20-6-3-4-7-21(20)16-23/h3-4,6-7,9-14,16,18H,5,8,15H2,1-2H3,(H,27,30)/b26-17-/t18-/m0/s1. The van der Waals surface area contributed by atoms with Crippen molar-refractivity contribution in [1.82, 2.24) is 5.43 Å². The Morgan fingerprint density at radius 2 is 1.81 bits per heavy atom. The smallest absolute Gasteiger partial charge is 0.280 e. The van der Waals surface area contributed by atoms with Crippen LogP contribution in [0.4, 0.5) is 5.69 Å². The van der Waals surface area contributed by atoms with Gasteiger partial charge >= 0.3 is 0 Å². The van der Waals surface area contributed by atoms with Gasteiger partial charge in [-0.3, -0.25) is 9.59 Å². The van der Waals surface area contributed by atoms with E-state index in [2.05, 4.69) is 10.5 Å². The molecule has 0 unspecified atom stereocenters. The van der Waals surface area contributed by atoms with Crippen LogP contribution in [0.25, 0.3) is 10.8 Å². The molecular formula is C25H25N3O3. The Labute approximate surface area is 181 Å². The minimum atomic E-state index is -0.693. The van der Waals surface area contributed by atoms with Crippen LogP contribution in [0.3, 0.4) is 0 Å². The SMILES string of the molecule is C/C(=N/NC(=O)[C@H](C)Oc1ccc2ccccc2c1)c1ccc(N2CCCC2=O)cc1. The molecule has 1 fully saturated rings. The molecule has 6 nitrogen and oxygen atoms in total. The van der Waals surface area contributed by atoms with Crippen LogP contribution in [-0.2, 0) is 9.59 Å². The van der Waals surface area contributed by atoms with Gasteiger partial charge in [-0.15, -0.1) is 0 Å². The van der Waals surface area contributed by atoms with E-state index in [0.717, 1.165) is 35.0 Å². The Hall–Kier alpha value is -3.67. The molecule has 0 bridgehead atoms. The first kappa shape index (κ1) is 20.6. The Morgan fingerprint density at radius 1 is 1.06 bits per heavy atom. The molecule has 1 saturated heterocycles. The van der Waals surface area contributed by atoms with Crippen LogP contribution >= 0.6 is 0 Å². The number of amides is 2. The van der Waals surface area contributed by atoms with Crippen molar-refractivity contribution < 1.29 is 14.3 Å². The minimum absolute atomic E-state index is 0.158. The Bertz CT molecular complexity index is 1140. The number of carbonyl (C=O) groups is 2. The fraction of sp³-hybridized carbons (Fsp3) is 0.240. The number of nitrogens with zero attached hydrogens (tertiary/aromatic N) is 2. The molecule has 3 aromatic carbocycles. The highest BCUT2D eigenvalue weighted by atomic mass is 16.5. The molecule has 0 spiro atoms. The lowest BCUT2D eigenvalue weighted by Gasteiger charge is -2.16. The van der Waals surface area contributed by atoms with Gasteiger partial charge in [0.2, 0.25) is 5.91 Å². The zero-order valence-corrected chi connectivity index (χ0v) is 17.7. The van der Waals surface area contributed by atoms with E-state index in [1.807, 2.05) is 73.7 Å². The molecule has 3 aromatic rings. The largest absolute Gasteiger partial charge is 0.481 e. The summed E-state index contributed by atoms with van der Waals surface area (Å²) < 4.78 is 5.79. The number of hydrogen-bond donors (Lipinski definition) is 1. The normalized spacial score (nSPS) is 15.2. The second-order valence-electron chi connectivity index (χ2n) is 7.64. The van der Waals surface area contributed by atoms with Crippen LogP contribution in [0.15, 0.2) is 71.8 Å². The summed E-state index contributed by atoms with van der Waals surface area (Å²) in [5.41, 5.74) is 5.01. The van der Waals surface area contributed by atoms with E-state index in [9.17, 15) is 9.59 Å². The van der Waals surface area contributed by atoms with Gasteiger partial charge in [-0.05, 0) is 60.9 Å². The number of fused-ring (bicyclic) bond motifs is 1. The van der Waals surface area contributed by atoms with Crippen LogP contribution < -0.4 is 15.1 Å². The summed E-state index contributed by atoms with van der Waals surface area (Å²) in [5.74, 6) is 0.465. The van der Waals surface area contributed by atoms with Crippen molar-refractivity contribution in [3.63, 3.8) is 0 Å². The highest BCUT2D eigenvalue weighted by molar-refractivity contribution is 6.00. The maximum absolute atomic E-state index is 12.4. The third-order valence-electron chi connectivity index (χ3n) is 5.41. The number of rotatable bonds is 6.